The largest absolute Gasteiger partial charge is 0.478 e. The number of hydrogen-bond acceptors (Lipinski definition) is 2. The number of nitrogens with zero attached hydrogens (tertiary/aromatic N) is 1. The normalized spacial score (nSPS) is 10.4. The Kier molecular flexibility index (Phi) is 4.75. The van der Waals surface area contributed by atoms with E-state index >= 15 is 0 Å². The molecule has 1 aromatic rings. The lowest BCUT2D eigenvalue weighted by Gasteiger charge is -2.29. The minimum absolute atomic E-state index is 0.209. The van der Waals surface area contributed by atoms with Crippen molar-refractivity contribution in [3.8, 4) is 0 Å². The van der Waals surface area contributed by atoms with Gasteiger partial charge in [0.15, 0.2) is 0 Å². The minimum atomic E-state index is -0.915. The summed E-state index contributed by atoms with van der Waals surface area (Å²) in [4.78, 5) is 13.2. The molecule has 0 unspecified atom stereocenters. The van der Waals surface area contributed by atoms with Crippen molar-refractivity contribution >= 4 is 27.6 Å². The summed E-state index contributed by atoms with van der Waals surface area (Å²) < 4.78 is 0.868. The third-order valence-corrected chi connectivity index (χ3v) is 2.94. The monoisotopic (exact) mass is 297 g/mol. The molecule has 0 heterocycles. The van der Waals surface area contributed by atoms with E-state index in [4.69, 9.17) is 0 Å². The Morgan fingerprint density at radius 3 is 2.71 bits per heavy atom. The van der Waals surface area contributed by atoms with Gasteiger partial charge < -0.3 is 10.0 Å². The molecule has 1 rings (SSSR count). The van der Waals surface area contributed by atoms with Gasteiger partial charge in [0.05, 0.1) is 11.3 Å². The van der Waals surface area contributed by atoms with Crippen LogP contribution in [0.3, 0.4) is 0 Å². The highest BCUT2D eigenvalue weighted by Crippen LogP contribution is 2.26. The van der Waals surface area contributed by atoms with Crippen molar-refractivity contribution in [3.63, 3.8) is 0 Å². The van der Waals surface area contributed by atoms with Gasteiger partial charge in [-0.05, 0) is 32.0 Å². The second-order valence-corrected chi connectivity index (χ2v) is 4.92. The molecular weight excluding hydrogens is 282 g/mol. The molecular formula is C13H16BrNO2. The maximum absolute atomic E-state index is 11.2. The van der Waals surface area contributed by atoms with E-state index < -0.39 is 5.97 Å². The number of benzene rings is 1. The van der Waals surface area contributed by atoms with Crippen LogP contribution in [0.15, 0.2) is 35.3 Å². The molecule has 0 saturated carbocycles. The van der Waals surface area contributed by atoms with E-state index in [2.05, 4.69) is 22.5 Å². The van der Waals surface area contributed by atoms with E-state index in [-0.39, 0.29) is 6.04 Å². The first-order chi connectivity index (χ1) is 7.97. The van der Waals surface area contributed by atoms with Crippen molar-refractivity contribution in [1.29, 1.82) is 0 Å². The molecule has 0 amide bonds. The van der Waals surface area contributed by atoms with Crippen molar-refractivity contribution in [2.24, 2.45) is 0 Å². The number of carbonyl (C=O) groups is 1. The molecule has 0 atom stereocenters. The van der Waals surface area contributed by atoms with Crippen LogP contribution in [0.25, 0.3) is 0 Å². The molecule has 0 saturated heterocycles. The first-order valence-corrected chi connectivity index (χ1v) is 6.17. The van der Waals surface area contributed by atoms with Gasteiger partial charge in [0.25, 0.3) is 0 Å². The predicted octanol–water partition coefficient (Wildman–Crippen LogP) is 3.55. The number of anilines is 1. The molecule has 0 fully saturated rings. The first-order valence-electron chi connectivity index (χ1n) is 5.37. The van der Waals surface area contributed by atoms with Crippen LogP contribution in [-0.2, 0) is 0 Å². The second-order valence-electron chi connectivity index (χ2n) is 4.00. The van der Waals surface area contributed by atoms with Crippen molar-refractivity contribution in [2.45, 2.75) is 19.9 Å². The summed E-state index contributed by atoms with van der Waals surface area (Å²) in [6, 6.07) is 5.38. The van der Waals surface area contributed by atoms with Gasteiger partial charge in [-0.1, -0.05) is 22.0 Å². The highest BCUT2D eigenvalue weighted by Gasteiger charge is 2.17. The van der Waals surface area contributed by atoms with Gasteiger partial charge in [0.1, 0.15) is 0 Å². The van der Waals surface area contributed by atoms with Gasteiger partial charge in [0.2, 0.25) is 0 Å². The third-order valence-electron chi connectivity index (χ3n) is 2.45. The number of carboxylic acid groups (broad SMARTS) is 1. The number of hydrogen-bond donors (Lipinski definition) is 1. The van der Waals surface area contributed by atoms with E-state index in [1.807, 2.05) is 24.8 Å². The third kappa shape index (κ3) is 3.33. The zero-order valence-corrected chi connectivity index (χ0v) is 11.6. The molecule has 92 valence electrons. The summed E-state index contributed by atoms with van der Waals surface area (Å²) in [5, 5.41) is 9.19. The van der Waals surface area contributed by atoms with Crippen LogP contribution >= 0.6 is 15.9 Å². The van der Waals surface area contributed by atoms with Gasteiger partial charge in [-0.3, -0.25) is 0 Å². The molecule has 0 aliphatic rings. The Balaban J connectivity index is 3.28. The highest BCUT2D eigenvalue weighted by molar-refractivity contribution is 9.10. The van der Waals surface area contributed by atoms with Gasteiger partial charge in [-0.15, -0.1) is 6.58 Å². The van der Waals surface area contributed by atoms with Crippen molar-refractivity contribution in [1.82, 2.24) is 0 Å². The van der Waals surface area contributed by atoms with Crippen LogP contribution in [0.2, 0.25) is 0 Å². The van der Waals surface area contributed by atoms with E-state index in [0.717, 1.165) is 4.47 Å². The summed E-state index contributed by atoms with van der Waals surface area (Å²) in [5.74, 6) is -0.915. The number of halogens is 1. The zero-order chi connectivity index (χ0) is 13.0. The van der Waals surface area contributed by atoms with Gasteiger partial charge in [-0.2, -0.15) is 0 Å². The molecule has 4 heteroatoms. The summed E-state index contributed by atoms with van der Waals surface area (Å²) in [7, 11) is 0. The van der Waals surface area contributed by atoms with Crippen LogP contribution in [0.5, 0.6) is 0 Å². The SMILES string of the molecule is C=CCN(c1cc(Br)ccc1C(=O)O)C(C)C. The lowest BCUT2D eigenvalue weighted by molar-refractivity contribution is 0.0697. The molecule has 1 N–H and O–H groups in total. The molecule has 0 aromatic heterocycles. The number of carboxylic acids is 1. The smallest absolute Gasteiger partial charge is 0.337 e. The summed E-state index contributed by atoms with van der Waals surface area (Å²) in [6.07, 6.45) is 1.77. The fourth-order valence-electron chi connectivity index (χ4n) is 1.65. The maximum Gasteiger partial charge on any atom is 0.337 e. The summed E-state index contributed by atoms with van der Waals surface area (Å²) in [6.45, 7) is 8.37. The lowest BCUT2D eigenvalue weighted by atomic mass is 10.1. The molecule has 3 nitrogen and oxygen atoms in total. The Morgan fingerprint density at radius 1 is 1.59 bits per heavy atom. The molecule has 0 bridgehead atoms. The first kappa shape index (κ1) is 13.8. The maximum atomic E-state index is 11.2. The predicted molar refractivity (Wildman–Crippen MR) is 73.8 cm³/mol. The minimum Gasteiger partial charge on any atom is -0.478 e. The Hall–Kier alpha value is -1.29. The molecule has 0 aliphatic heterocycles. The van der Waals surface area contributed by atoms with E-state index in [0.29, 0.717) is 17.8 Å². The fourth-order valence-corrected chi connectivity index (χ4v) is 2.00. The Morgan fingerprint density at radius 2 is 2.24 bits per heavy atom. The lowest BCUT2D eigenvalue weighted by Crippen LogP contribution is -2.32. The van der Waals surface area contributed by atoms with Crippen LogP contribution in [0, 0.1) is 0 Å². The van der Waals surface area contributed by atoms with Crippen molar-refractivity contribution in [3.05, 3.63) is 40.9 Å². The van der Waals surface area contributed by atoms with Crippen molar-refractivity contribution in [2.75, 3.05) is 11.4 Å². The van der Waals surface area contributed by atoms with E-state index in [1.54, 1.807) is 18.2 Å². The van der Waals surface area contributed by atoms with Crippen LogP contribution < -0.4 is 4.90 Å². The molecule has 1 aromatic carbocycles. The van der Waals surface area contributed by atoms with E-state index in [1.165, 1.54) is 0 Å². The second kappa shape index (κ2) is 5.87. The molecule has 17 heavy (non-hydrogen) atoms. The van der Waals surface area contributed by atoms with E-state index in [9.17, 15) is 9.90 Å². The topological polar surface area (TPSA) is 40.5 Å². The van der Waals surface area contributed by atoms with Crippen LogP contribution in [0.1, 0.15) is 24.2 Å². The van der Waals surface area contributed by atoms with Gasteiger partial charge in [0, 0.05) is 17.1 Å². The molecule has 0 aliphatic carbocycles. The summed E-state index contributed by atoms with van der Waals surface area (Å²) >= 11 is 3.37. The zero-order valence-electron chi connectivity index (χ0n) is 9.98. The standard InChI is InChI=1S/C13H16BrNO2/c1-4-7-15(9(2)3)12-8-10(14)5-6-11(12)13(16)17/h4-6,8-9H,1,7H2,2-3H3,(H,16,17). The van der Waals surface area contributed by atoms with Crippen molar-refractivity contribution < 1.29 is 9.90 Å². The number of aromatic carboxylic acids is 1. The fraction of sp³-hybridized carbons (Fsp3) is 0.308. The highest BCUT2D eigenvalue weighted by atomic mass is 79.9. The molecule has 0 spiro atoms. The van der Waals surface area contributed by atoms with Crippen LogP contribution in [-0.4, -0.2) is 23.7 Å². The average Bonchev–Trinajstić information content (AvgIpc) is 2.24. The average molecular weight is 298 g/mol. The van der Waals surface area contributed by atoms with Gasteiger partial charge in [-0.25, -0.2) is 4.79 Å². The number of rotatable bonds is 5. The Bertz CT molecular complexity index is 429. The Labute approximate surface area is 110 Å². The van der Waals surface area contributed by atoms with Crippen LogP contribution in [0.4, 0.5) is 5.69 Å². The summed E-state index contributed by atoms with van der Waals surface area (Å²) in [5.41, 5.74) is 1.02. The quantitative estimate of drug-likeness (QED) is 0.845. The molecule has 0 radical (unpaired) electrons. The van der Waals surface area contributed by atoms with Gasteiger partial charge >= 0.3 is 5.97 Å².